The van der Waals surface area contributed by atoms with E-state index < -0.39 is 7.59 Å². The highest BCUT2D eigenvalue weighted by Crippen LogP contribution is 2.41. The molecule has 0 saturated carbocycles. The van der Waals surface area contributed by atoms with Crippen LogP contribution in [-0.2, 0) is 7.59 Å². The molecule has 1 heterocycles. The van der Waals surface area contributed by atoms with Crippen LogP contribution in [0.2, 0.25) is 0 Å². The molecule has 142 valence electrons. The van der Waals surface area contributed by atoms with Crippen molar-refractivity contribution in [1.29, 1.82) is 0 Å². The van der Waals surface area contributed by atoms with E-state index >= 15 is 0 Å². The third-order valence-corrected chi connectivity index (χ3v) is 4.87. The molecule has 0 atom stereocenters. The van der Waals surface area contributed by atoms with Crippen molar-refractivity contribution in [2.75, 3.05) is 7.11 Å². The Kier molecular flexibility index (Phi) is 5.89. The molecule has 0 aliphatic carbocycles. The molecule has 0 spiro atoms. The molecule has 0 saturated heterocycles. The second kappa shape index (κ2) is 7.58. The topological polar surface area (TPSA) is 47.9 Å². The van der Waals surface area contributed by atoms with E-state index in [-0.39, 0.29) is 17.5 Å². The predicted octanol–water partition coefficient (Wildman–Crippen LogP) is 6.66. The summed E-state index contributed by atoms with van der Waals surface area (Å²) in [5.74, 6) is 0.755. The lowest BCUT2D eigenvalue weighted by molar-refractivity contribution is 0.412. The van der Waals surface area contributed by atoms with Gasteiger partial charge in [-0.1, -0.05) is 87.8 Å². The lowest BCUT2D eigenvalue weighted by Gasteiger charge is -2.16. The maximum atomic E-state index is 5.92. The molecule has 4 nitrogen and oxygen atoms in total. The Morgan fingerprint density at radius 3 is 1.93 bits per heavy atom. The highest BCUT2D eigenvalue weighted by atomic mass is 35.6. The molecule has 27 heavy (non-hydrogen) atoms. The maximum Gasteiger partial charge on any atom is 0.250 e. The van der Waals surface area contributed by atoms with Crippen molar-refractivity contribution >= 4 is 80.4 Å². The van der Waals surface area contributed by atoms with Crippen LogP contribution in [0.5, 0.6) is 5.75 Å². The first-order valence-corrected chi connectivity index (χ1v) is 9.75. The van der Waals surface area contributed by atoms with E-state index in [2.05, 4.69) is 15.0 Å². The number of rotatable bonds is 2. The molecular formula is C17H11Cl6N3O. The van der Waals surface area contributed by atoms with Gasteiger partial charge >= 0.3 is 0 Å². The minimum absolute atomic E-state index is 0.134. The van der Waals surface area contributed by atoms with Gasteiger partial charge in [0.2, 0.25) is 7.59 Å². The minimum Gasteiger partial charge on any atom is -0.496 e. The van der Waals surface area contributed by atoms with Crippen LogP contribution >= 0.6 is 69.6 Å². The number of aromatic nitrogens is 3. The number of hydrogen-bond acceptors (Lipinski definition) is 4. The second-order valence-electron chi connectivity index (χ2n) is 5.63. The van der Waals surface area contributed by atoms with Crippen LogP contribution in [0.3, 0.4) is 0 Å². The van der Waals surface area contributed by atoms with E-state index in [1.54, 1.807) is 7.11 Å². The average Bonchev–Trinajstić information content (AvgIpc) is 2.60. The van der Waals surface area contributed by atoms with E-state index in [1.165, 1.54) is 0 Å². The Balaban J connectivity index is 2.21. The lowest BCUT2D eigenvalue weighted by atomic mass is 10.0. The fraction of sp³-hybridized carbons (Fsp3) is 0.235. The van der Waals surface area contributed by atoms with Crippen LogP contribution in [0.25, 0.3) is 22.2 Å². The smallest absolute Gasteiger partial charge is 0.250 e. The van der Waals surface area contributed by atoms with E-state index in [1.807, 2.05) is 37.3 Å². The summed E-state index contributed by atoms with van der Waals surface area (Å²) < 4.78 is 1.55. The quantitative estimate of drug-likeness (QED) is 0.381. The first kappa shape index (κ1) is 21.0. The zero-order chi connectivity index (χ0) is 20.0. The first-order valence-electron chi connectivity index (χ1n) is 7.49. The molecule has 0 fully saturated rings. The summed E-state index contributed by atoms with van der Waals surface area (Å²) >= 11 is 35.5. The minimum atomic E-state index is -1.90. The molecule has 0 N–H and O–H groups in total. The van der Waals surface area contributed by atoms with Crippen LogP contribution in [-0.4, -0.2) is 22.1 Å². The van der Waals surface area contributed by atoms with Crippen molar-refractivity contribution in [3.05, 3.63) is 47.5 Å². The third kappa shape index (κ3) is 4.47. The molecule has 10 heteroatoms. The number of fused-ring (bicyclic) bond motifs is 1. The molecule has 0 radical (unpaired) electrons. The molecule has 1 aromatic heterocycles. The van der Waals surface area contributed by atoms with E-state index in [0.29, 0.717) is 5.56 Å². The zero-order valence-corrected chi connectivity index (χ0v) is 18.4. The van der Waals surface area contributed by atoms with Crippen molar-refractivity contribution in [3.8, 4) is 17.1 Å². The average molecular weight is 486 g/mol. The molecule has 3 rings (SSSR count). The Bertz CT molecular complexity index is 982. The lowest BCUT2D eigenvalue weighted by Crippen LogP contribution is -2.16. The van der Waals surface area contributed by atoms with E-state index in [4.69, 9.17) is 74.3 Å². The van der Waals surface area contributed by atoms with Gasteiger partial charge in [0.25, 0.3) is 0 Å². The highest BCUT2D eigenvalue weighted by molar-refractivity contribution is 6.67. The fourth-order valence-electron chi connectivity index (χ4n) is 2.58. The van der Waals surface area contributed by atoms with Crippen LogP contribution in [0.4, 0.5) is 0 Å². The summed E-state index contributed by atoms with van der Waals surface area (Å²) in [6, 6.07) is 9.46. The maximum absolute atomic E-state index is 5.92. The van der Waals surface area contributed by atoms with Crippen LogP contribution in [0.1, 0.15) is 17.2 Å². The number of ether oxygens (including phenoxy) is 1. The van der Waals surface area contributed by atoms with Crippen molar-refractivity contribution in [1.82, 2.24) is 15.0 Å². The fourth-order valence-corrected chi connectivity index (χ4v) is 3.09. The van der Waals surface area contributed by atoms with Crippen molar-refractivity contribution < 1.29 is 4.74 Å². The Morgan fingerprint density at radius 1 is 0.815 bits per heavy atom. The van der Waals surface area contributed by atoms with E-state index in [0.717, 1.165) is 22.1 Å². The number of alkyl halides is 6. The van der Waals surface area contributed by atoms with Crippen LogP contribution < -0.4 is 4.74 Å². The molecule has 0 amide bonds. The molecule has 0 bridgehead atoms. The van der Waals surface area contributed by atoms with E-state index in [9.17, 15) is 0 Å². The van der Waals surface area contributed by atoms with Gasteiger partial charge in [-0.15, -0.1) is 0 Å². The van der Waals surface area contributed by atoms with Crippen molar-refractivity contribution in [2.24, 2.45) is 0 Å². The number of halogens is 6. The number of aryl methyl sites for hydroxylation is 1. The van der Waals surface area contributed by atoms with Gasteiger partial charge in [0.1, 0.15) is 5.75 Å². The number of hydrogen-bond donors (Lipinski definition) is 0. The van der Waals surface area contributed by atoms with Gasteiger partial charge in [-0.3, -0.25) is 0 Å². The summed E-state index contributed by atoms with van der Waals surface area (Å²) in [4.78, 5) is 12.4. The molecule has 2 aromatic carbocycles. The molecule has 0 aliphatic heterocycles. The summed E-state index contributed by atoms with van der Waals surface area (Å²) in [6.07, 6.45) is 0. The summed E-state index contributed by atoms with van der Waals surface area (Å²) in [5.41, 5.74) is 1.67. The second-order valence-corrected chi connectivity index (χ2v) is 10.2. The molecule has 0 unspecified atom stereocenters. The van der Waals surface area contributed by atoms with Crippen LogP contribution in [0.15, 0.2) is 30.3 Å². The van der Waals surface area contributed by atoms with Gasteiger partial charge in [-0.05, 0) is 35.4 Å². The first-order chi connectivity index (χ1) is 12.5. The summed E-state index contributed by atoms with van der Waals surface area (Å²) in [6.45, 7) is 1.98. The van der Waals surface area contributed by atoms with Gasteiger partial charge < -0.3 is 4.74 Å². The summed E-state index contributed by atoms with van der Waals surface area (Å²) in [7, 11) is 1.63. The number of benzene rings is 2. The zero-order valence-electron chi connectivity index (χ0n) is 13.9. The normalized spacial score (nSPS) is 12.4. The van der Waals surface area contributed by atoms with Gasteiger partial charge in [-0.25, -0.2) is 15.0 Å². The monoisotopic (exact) mass is 483 g/mol. The van der Waals surface area contributed by atoms with Gasteiger partial charge in [-0.2, -0.15) is 0 Å². The Morgan fingerprint density at radius 2 is 1.41 bits per heavy atom. The van der Waals surface area contributed by atoms with Gasteiger partial charge in [0, 0.05) is 5.56 Å². The summed E-state index contributed by atoms with van der Waals surface area (Å²) in [5, 5.41) is 1.98. The van der Waals surface area contributed by atoms with Gasteiger partial charge in [0.15, 0.2) is 17.5 Å². The standard InChI is InChI=1S/C17H11Cl6N3O/c1-8-11-5-3-10(7-9(11)4-6-12(8)27-2)13-24-14(16(18,19)20)26-15(25-13)17(21,22)23/h3-7H,1-2H3. The third-order valence-electron chi connectivity index (χ3n) is 3.86. The Labute approximate surface area is 185 Å². The van der Waals surface area contributed by atoms with Crippen LogP contribution in [0, 0.1) is 6.92 Å². The highest BCUT2D eigenvalue weighted by Gasteiger charge is 2.34. The van der Waals surface area contributed by atoms with Crippen molar-refractivity contribution in [3.63, 3.8) is 0 Å². The Hall–Kier alpha value is -0.750. The number of nitrogens with zero attached hydrogens (tertiary/aromatic N) is 3. The largest absolute Gasteiger partial charge is 0.496 e. The SMILES string of the molecule is COc1ccc2cc(-c3nc(C(Cl)(Cl)Cl)nc(C(Cl)(Cl)Cl)n3)ccc2c1C. The molecular weight excluding hydrogens is 475 g/mol. The molecule has 0 aliphatic rings. The van der Waals surface area contributed by atoms with Gasteiger partial charge in [0.05, 0.1) is 7.11 Å². The van der Waals surface area contributed by atoms with Crippen molar-refractivity contribution in [2.45, 2.75) is 14.5 Å². The predicted molar refractivity (Wildman–Crippen MR) is 113 cm³/mol. The number of methoxy groups -OCH3 is 1. The molecule has 3 aromatic rings.